The van der Waals surface area contributed by atoms with Crippen molar-refractivity contribution in [1.29, 1.82) is 0 Å². The Balaban J connectivity index is 2.43. The molecule has 5 nitrogen and oxygen atoms in total. The first-order valence-corrected chi connectivity index (χ1v) is 7.92. The van der Waals surface area contributed by atoms with Crippen LogP contribution in [0.1, 0.15) is 0 Å². The summed E-state index contributed by atoms with van der Waals surface area (Å²) in [5, 5.41) is 0. The molecular formula is C13H13BrN2O3S. The summed E-state index contributed by atoms with van der Waals surface area (Å²) in [5.74, 6) is 0.268. The summed E-state index contributed by atoms with van der Waals surface area (Å²) in [4.78, 5) is 0.0526. The molecule has 0 spiro atoms. The van der Waals surface area contributed by atoms with Crippen LogP contribution >= 0.6 is 15.9 Å². The molecule has 2 aromatic rings. The third kappa shape index (κ3) is 3.23. The number of nitrogens with one attached hydrogen (secondary N) is 1. The molecule has 0 aromatic heterocycles. The highest BCUT2D eigenvalue weighted by molar-refractivity contribution is 9.10. The van der Waals surface area contributed by atoms with Crippen molar-refractivity contribution in [3.05, 3.63) is 46.9 Å². The summed E-state index contributed by atoms with van der Waals surface area (Å²) in [7, 11) is -2.34. The third-order valence-electron chi connectivity index (χ3n) is 2.55. The molecule has 2 aromatic carbocycles. The molecule has 0 fully saturated rings. The van der Waals surface area contributed by atoms with E-state index in [0.29, 0.717) is 15.8 Å². The second-order valence-corrected chi connectivity index (χ2v) is 6.59. The normalized spacial score (nSPS) is 11.1. The Bertz CT molecular complexity index is 732. The number of nitrogens with two attached hydrogens (primary N) is 1. The lowest BCUT2D eigenvalue weighted by atomic mass is 10.3. The van der Waals surface area contributed by atoms with Crippen LogP contribution < -0.4 is 15.2 Å². The highest BCUT2D eigenvalue weighted by Crippen LogP contribution is 2.29. The van der Waals surface area contributed by atoms with Crippen molar-refractivity contribution < 1.29 is 13.2 Å². The van der Waals surface area contributed by atoms with Crippen molar-refractivity contribution in [2.24, 2.45) is 0 Å². The third-order valence-corrected chi connectivity index (χ3v) is 4.45. The zero-order valence-electron chi connectivity index (χ0n) is 10.6. The molecule has 2 rings (SSSR count). The molecule has 0 atom stereocenters. The highest BCUT2D eigenvalue weighted by Gasteiger charge is 2.20. The molecule has 0 amide bonds. The van der Waals surface area contributed by atoms with Gasteiger partial charge in [0, 0.05) is 10.2 Å². The molecule has 3 N–H and O–H groups in total. The fraction of sp³-hybridized carbons (Fsp3) is 0.0769. The summed E-state index contributed by atoms with van der Waals surface area (Å²) >= 11 is 3.25. The molecule has 0 aliphatic heterocycles. The number of ether oxygens (including phenoxy) is 1. The largest absolute Gasteiger partial charge is 0.495 e. The lowest BCUT2D eigenvalue weighted by Crippen LogP contribution is -2.14. The van der Waals surface area contributed by atoms with Crippen molar-refractivity contribution in [2.75, 3.05) is 17.6 Å². The lowest BCUT2D eigenvalue weighted by Gasteiger charge is -2.12. The predicted octanol–water partition coefficient (Wildman–Crippen LogP) is 2.84. The van der Waals surface area contributed by atoms with Gasteiger partial charge in [-0.2, -0.15) is 0 Å². The van der Waals surface area contributed by atoms with Gasteiger partial charge in [-0.15, -0.1) is 0 Å². The van der Waals surface area contributed by atoms with Crippen LogP contribution in [0, 0.1) is 0 Å². The van der Waals surface area contributed by atoms with Gasteiger partial charge in [0.15, 0.2) is 0 Å². The maximum absolute atomic E-state index is 12.4. The van der Waals surface area contributed by atoms with E-state index in [1.54, 1.807) is 36.4 Å². The standard InChI is InChI=1S/C13H13BrN2O3S/c1-19-12-6-5-9(14)7-13(12)20(17,18)16-11-4-2-3-10(15)8-11/h2-8,16H,15H2,1H3. The number of rotatable bonds is 4. The minimum atomic E-state index is -3.76. The Labute approximate surface area is 125 Å². The van der Waals surface area contributed by atoms with Crippen molar-refractivity contribution in [2.45, 2.75) is 4.90 Å². The Kier molecular flexibility index (Phi) is 4.20. The minimum Gasteiger partial charge on any atom is -0.495 e. The molecular weight excluding hydrogens is 344 g/mol. The van der Waals surface area contributed by atoms with Crippen molar-refractivity contribution in [3.63, 3.8) is 0 Å². The van der Waals surface area contributed by atoms with E-state index in [4.69, 9.17) is 10.5 Å². The SMILES string of the molecule is COc1ccc(Br)cc1S(=O)(=O)Nc1cccc(N)c1. The molecule has 0 bridgehead atoms. The van der Waals surface area contributed by atoms with Crippen molar-refractivity contribution >= 4 is 37.3 Å². The quantitative estimate of drug-likeness (QED) is 0.825. The maximum Gasteiger partial charge on any atom is 0.265 e. The number of anilines is 2. The second-order valence-electron chi connectivity index (χ2n) is 4.03. The number of hydrogen-bond acceptors (Lipinski definition) is 4. The van der Waals surface area contributed by atoms with Gasteiger partial charge in [-0.25, -0.2) is 8.42 Å². The average molecular weight is 357 g/mol. The van der Waals surface area contributed by atoms with Gasteiger partial charge in [-0.1, -0.05) is 22.0 Å². The van der Waals surface area contributed by atoms with Gasteiger partial charge in [0.2, 0.25) is 0 Å². The van der Waals surface area contributed by atoms with E-state index in [2.05, 4.69) is 20.7 Å². The molecule has 106 valence electrons. The van der Waals surface area contributed by atoms with Crippen LogP contribution in [-0.4, -0.2) is 15.5 Å². The summed E-state index contributed by atoms with van der Waals surface area (Å²) in [6.07, 6.45) is 0. The van der Waals surface area contributed by atoms with Gasteiger partial charge in [0.1, 0.15) is 10.6 Å². The molecule has 0 heterocycles. The van der Waals surface area contributed by atoms with E-state index >= 15 is 0 Å². The van der Waals surface area contributed by atoms with Crippen LogP contribution in [0.15, 0.2) is 51.8 Å². The first-order valence-electron chi connectivity index (χ1n) is 5.64. The van der Waals surface area contributed by atoms with E-state index in [1.807, 2.05) is 0 Å². The Morgan fingerprint density at radius 1 is 1.20 bits per heavy atom. The van der Waals surface area contributed by atoms with Crippen LogP contribution in [0.25, 0.3) is 0 Å². The smallest absolute Gasteiger partial charge is 0.265 e. The first-order chi connectivity index (χ1) is 9.42. The molecule has 0 unspecified atom stereocenters. The van der Waals surface area contributed by atoms with E-state index < -0.39 is 10.0 Å². The van der Waals surface area contributed by atoms with E-state index in [9.17, 15) is 8.42 Å². The first kappa shape index (κ1) is 14.7. The van der Waals surface area contributed by atoms with Crippen LogP contribution in [0.3, 0.4) is 0 Å². The molecule has 0 saturated carbocycles. The summed E-state index contributed by atoms with van der Waals surface area (Å²) in [5.41, 5.74) is 6.50. The van der Waals surface area contributed by atoms with Gasteiger partial charge in [-0.05, 0) is 36.4 Å². The molecule has 0 saturated heterocycles. The average Bonchev–Trinajstić information content (AvgIpc) is 2.38. The minimum absolute atomic E-state index is 0.0526. The topological polar surface area (TPSA) is 81.4 Å². The second kappa shape index (κ2) is 5.72. The van der Waals surface area contributed by atoms with Gasteiger partial charge in [0.25, 0.3) is 10.0 Å². The number of benzene rings is 2. The number of halogens is 1. The molecule has 0 aliphatic carbocycles. The highest BCUT2D eigenvalue weighted by atomic mass is 79.9. The van der Waals surface area contributed by atoms with E-state index in [1.165, 1.54) is 13.2 Å². The number of nitrogen functional groups attached to an aromatic ring is 1. The zero-order chi connectivity index (χ0) is 14.8. The Morgan fingerprint density at radius 2 is 1.95 bits per heavy atom. The summed E-state index contributed by atoms with van der Waals surface area (Å²) in [6, 6.07) is 11.3. The molecule has 20 heavy (non-hydrogen) atoms. The van der Waals surface area contributed by atoms with Crippen molar-refractivity contribution in [3.8, 4) is 5.75 Å². The van der Waals surface area contributed by atoms with Crippen LogP contribution in [0.2, 0.25) is 0 Å². The van der Waals surface area contributed by atoms with Crippen LogP contribution in [-0.2, 0) is 10.0 Å². The van der Waals surface area contributed by atoms with E-state index in [0.717, 1.165) is 0 Å². The zero-order valence-corrected chi connectivity index (χ0v) is 13.0. The van der Waals surface area contributed by atoms with Gasteiger partial charge in [0.05, 0.1) is 12.8 Å². The van der Waals surface area contributed by atoms with Gasteiger partial charge in [-0.3, -0.25) is 4.72 Å². The Morgan fingerprint density at radius 3 is 2.60 bits per heavy atom. The van der Waals surface area contributed by atoms with Crippen molar-refractivity contribution in [1.82, 2.24) is 0 Å². The molecule has 7 heteroatoms. The number of hydrogen-bond donors (Lipinski definition) is 2. The van der Waals surface area contributed by atoms with Gasteiger partial charge < -0.3 is 10.5 Å². The number of sulfonamides is 1. The van der Waals surface area contributed by atoms with Gasteiger partial charge >= 0.3 is 0 Å². The van der Waals surface area contributed by atoms with Crippen LogP contribution in [0.4, 0.5) is 11.4 Å². The molecule has 0 radical (unpaired) electrons. The van der Waals surface area contributed by atoms with Crippen LogP contribution in [0.5, 0.6) is 5.75 Å². The number of methoxy groups -OCH3 is 1. The fourth-order valence-electron chi connectivity index (χ4n) is 1.67. The summed E-state index contributed by atoms with van der Waals surface area (Å²) < 4.78 is 33.0. The summed E-state index contributed by atoms with van der Waals surface area (Å²) in [6.45, 7) is 0. The Hall–Kier alpha value is -1.73. The monoisotopic (exact) mass is 356 g/mol. The lowest BCUT2D eigenvalue weighted by molar-refractivity contribution is 0.403. The maximum atomic E-state index is 12.4. The van der Waals surface area contributed by atoms with E-state index in [-0.39, 0.29) is 10.6 Å². The molecule has 0 aliphatic rings. The predicted molar refractivity (Wildman–Crippen MR) is 82.4 cm³/mol. The fourth-order valence-corrected chi connectivity index (χ4v) is 3.43.